The highest BCUT2D eigenvalue weighted by Gasteiger charge is 2.14. The van der Waals surface area contributed by atoms with Gasteiger partial charge in [0.05, 0.1) is 23.3 Å². The predicted octanol–water partition coefficient (Wildman–Crippen LogP) is 4.52. The van der Waals surface area contributed by atoms with E-state index in [-0.39, 0.29) is 11.5 Å². The molecule has 0 saturated carbocycles. The Morgan fingerprint density at radius 3 is 2.42 bits per heavy atom. The second-order valence-electron chi connectivity index (χ2n) is 6.16. The SMILES string of the molecule is CCCn1c(=O)n(Cc2csc(-c3ccc(F)cc3)n2)c2ccccc21. The summed E-state index contributed by atoms with van der Waals surface area (Å²) in [6.45, 7) is 3.19. The zero-order valence-corrected chi connectivity index (χ0v) is 15.2. The minimum absolute atomic E-state index is 0.00983. The van der Waals surface area contributed by atoms with Crippen LogP contribution >= 0.6 is 11.3 Å². The van der Waals surface area contributed by atoms with Crippen molar-refractivity contribution in [1.82, 2.24) is 14.1 Å². The Labute approximate surface area is 154 Å². The number of hydrogen-bond acceptors (Lipinski definition) is 3. The molecule has 132 valence electrons. The first-order chi connectivity index (χ1) is 12.7. The van der Waals surface area contributed by atoms with Gasteiger partial charge < -0.3 is 0 Å². The van der Waals surface area contributed by atoms with Gasteiger partial charge in [0, 0.05) is 17.5 Å². The second kappa shape index (κ2) is 6.88. The first kappa shape index (κ1) is 16.7. The van der Waals surface area contributed by atoms with E-state index in [1.165, 1.54) is 23.5 Å². The maximum absolute atomic E-state index is 13.1. The Hall–Kier alpha value is -2.73. The molecule has 6 heteroatoms. The molecule has 26 heavy (non-hydrogen) atoms. The summed E-state index contributed by atoms with van der Waals surface area (Å²) in [6, 6.07) is 14.1. The Kier molecular flexibility index (Phi) is 4.42. The zero-order valence-electron chi connectivity index (χ0n) is 14.4. The van der Waals surface area contributed by atoms with Gasteiger partial charge in [-0.25, -0.2) is 14.2 Å². The van der Waals surface area contributed by atoms with Gasteiger partial charge in [-0.2, -0.15) is 0 Å². The molecular formula is C20H18FN3OS. The van der Waals surface area contributed by atoms with Crippen LogP contribution in [0.25, 0.3) is 21.6 Å². The molecule has 0 atom stereocenters. The molecule has 0 saturated heterocycles. The number of imidazole rings is 1. The van der Waals surface area contributed by atoms with Gasteiger partial charge in [0.25, 0.3) is 0 Å². The van der Waals surface area contributed by atoms with E-state index in [9.17, 15) is 9.18 Å². The molecule has 0 aliphatic carbocycles. The van der Waals surface area contributed by atoms with Crippen LogP contribution in [0.3, 0.4) is 0 Å². The number of hydrogen-bond donors (Lipinski definition) is 0. The lowest BCUT2D eigenvalue weighted by Gasteiger charge is -2.00. The standard InChI is InChI=1S/C20H18FN3OS/c1-2-11-23-17-5-3-4-6-18(17)24(20(23)25)12-16-13-26-19(22-16)14-7-9-15(21)10-8-14/h3-10,13H,2,11-12H2,1H3. The van der Waals surface area contributed by atoms with Crippen molar-refractivity contribution in [2.75, 3.05) is 0 Å². The third-order valence-electron chi connectivity index (χ3n) is 4.34. The Balaban J connectivity index is 1.71. The van der Waals surface area contributed by atoms with Gasteiger partial charge in [0.2, 0.25) is 0 Å². The number of fused-ring (bicyclic) bond motifs is 1. The number of thiazole rings is 1. The van der Waals surface area contributed by atoms with Crippen molar-refractivity contribution < 1.29 is 4.39 Å². The lowest BCUT2D eigenvalue weighted by atomic mass is 10.2. The maximum Gasteiger partial charge on any atom is 0.329 e. The van der Waals surface area contributed by atoms with E-state index in [2.05, 4.69) is 11.9 Å². The van der Waals surface area contributed by atoms with Crippen LogP contribution in [0.15, 0.2) is 58.7 Å². The normalized spacial score (nSPS) is 11.3. The third-order valence-corrected chi connectivity index (χ3v) is 5.28. The van der Waals surface area contributed by atoms with Crippen molar-refractivity contribution >= 4 is 22.4 Å². The predicted molar refractivity (Wildman–Crippen MR) is 103 cm³/mol. The highest BCUT2D eigenvalue weighted by molar-refractivity contribution is 7.13. The lowest BCUT2D eigenvalue weighted by molar-refractivity contribution is 0.628. The van der Waals surface area contributed by atoms with Crippen LogP contribution in [-0.2, 0) is 13.1 Å². The van der Waals surface area contributed by atoms with Gasteiger partial charge in [-0.3, -0.25) is 9.13 Å². The first-order valence-electron chi connectivity index (χ1n) is 8.56. The summed E-state index contributed by atoms with van der Waals surface area (Å²) in [4.78, 5) is 17.5. The quantitative estimate of drug-likeness (QED) is 0.520. The van der Waals surface area contributed by atoms with Crippen LogP contribution in [-0.4, -0.2) is 14.1 Å². The molecule has 0 aliphatic heterocycles. The minimum atomic E-state index is -0.263. The van der Waals surface area contributed by atoms with Crippen LogP contribution < -0.4 is 5.69 Å². The Bertz CT molecular complexity index is 1110. The zero-order chi connectivity index (χ0) is 18.1. The molecule has 2 aromatic carbocycles. The van der Waals surface area contributed by atoms with Crippen molar-refractivity contribution in [3.63, 3.8) is 0 Å². The van der Waals surface area contributed by atoms with E-state index < -0.39 is 0 Å². The number of para-hydroxylation sites is 2. The monoisotopic (exact) mass is 367 g/mol. The fourth-order valence-electron chi connectivity index (χ4n) is 3.13. The maximum atomic E-state index is 13.1. The molecule has 0 N–H and O–H groups in total. The van der Waals surface area contributed by atoms with Gasteiger partial charge in [-0.1, -0.05) is 19.1 Å². The second-order valence-corrected chi connectivity index (χ2v) is 7.02. The average molecular weight is 367 g/mol. The van der Waals surface area contributed by atoms with E-state index >= 15 is 0 Å². The molecule has 2 heterocycles. The molecule has 0 fully saturated rings. The average Bonchev–Trinajstić information content (AvgIpc) is 3.22. The topological polar surface area (TPSA) is 39.8 Å². The summed E-state index contributed by atoms with van der Waals surface area (Å²) >= 11 is 1.50. The minimum Gasteiger partial charge on any atom is -0.292 e. The summed E-state index contributed by atoms with van der Waals surface area (Å²) in [6.07, 6.45) is 0.902. The molecule has 4 nitrogen and oxygen atoms in total. The molecular weight excluding hydrogens is 349 g/mol. The van der Waals surface area contributed by atoms with Crippen LogP contribution in [0.4, 0.5) is 4.39 Å². The number of rotatable bonds is 5. The van der Waals surface area contributed by atoms with Crippen molar-refractivity contribution in [2.45, 2.75) is 26.4 Å². The molecule has 4 rings (SSSR count). The lowest BCUT2D eigenvalue weighted by Crippen LogP contribution is -2.24. The number of aryl methyl sites for hydroxylation is 1. The van der Waals surface area contributed by atoms with Crippen LogP contribution in [0.1, 0.15) is 19.0 Å². The van der Waals surface area contributed by atoms with Crippen LogP contribution in [0, 0.1) is 5.82 Å². The third kappa shape index (κ3) is 2.97. The van der Waals surface area contributed by atoms with Crippen molar-refractivity contribution in [3.8, 4) is 10.6 Å². The highest BCUT2D eigenvalue weighted by Crippen LogP contribution is 2.24. The molecule has 2 aromatic heterocycles. The van der Waals surface area contributed by atoms with E-state index in [1.54, 1.807) is 16.7 Å². The summed E-state index contributed by atoms with van der Waals surface area (Å²) in [5.41, 5.74) is 3.57. The van der Waals surface area contributed by atoms with Crippen LogP contribution in [0.5, 0.6) is 0 Å². The van der Waals surface area contributed by atoms with E-state index in [0.29, 0.717) is 13.1 Å². The molecule has 0 amide bonds. The smallest absolute Gasteiger partial charge is 0.292 e. The van der Waals surface area contributed by atoms with Crippen molar-refractivity contribution in [1.29, 1.82) is 0 Å². The molecule has 0 bridgehead atoms. The number of halogens is 1. The van der Waals surface area contributed by atoms with Crippen molar-refractivity contribution in [3.05, 3.63) is 75.9 Å². The number of nitrogens with zero attached hydrogens (tertiary/aromatic N) is 3. The summed E-state index contributed by atoms with van der Waals surface area (Å²) in [5, 5.41) is 2.78. The van der Waals surface area contributed by atoms with Gasteiger partial charge >= 0.3 is 5.69 Å². The Morgan fingerprint density at radius 2 is 1.73 bits per heavy atom. The number of aromatic nitrogens is 3. The molecule has 0 radical (unpaired) electrons. The molecule has 0 unspecified atom stereocenters. The fraction of sp³-hybridized carbons (Fsp3) is 0.200. The van der Waals surface area contributed by atoms with E-state index in [1.807, 2.05) is 34.2 Å². The van der Waals surface area contributed by atoms with Gasteiger partial charge in [0.15, 0.2) is 0 Å². The molecule has 0 spiro atoms. The van der Waals surface area contributed by atoms with E-state index in [0.717, 1.165) is 33.7 Å². The van der Waals surface area contributed by atoms with Crippen molar-refractivity contribution in [2.24, 2.45) is 0 Å². The Morgan fingerprint density at radius 1 is 1.04 bits per heavy atom. The summed E-state index contributed by atoms with van der Waals surface area (Å²) < 4.78 is 16.7. The molecule has 4 aromatic rings. The number of benzene rings is 2. The van der Waals surface area contributed by atoms with Crippen LogP contribution in [0.2, 0.25) is 0 Å². The highest BCUT2D eigenvalue weighted by atomic mass is 32.1. The van der Waals surface area contributed by atoms with Gasteiger partial charge in [0.1, 0.15) is 10.8 Å². The van der Waals surface area contributed by atoms with Gasteiger partial charge in [-0.15, -0.1) is 11.3 Å². The van der Waals surface area contributed by atoms with Gasteiger partial charge in [-0.05, 0) is 42.8 Å². The molecule has 0 aliphatic rings. The van der Waals surface area contributed by atoms with E-state index in [4.69, 9.17) is 0 Å². The largest absolute Gasteiger partial charge is 0.329 e. The fourth-order valence-corrected chi connectivity index (χ4v) is 3.95. The summed E-state index contributed by atoms with van der Waals surface area (Å²) in [5.74, 6) is -0.263. The summed E-state index contributed by atoms with van der Waals surface area (Å²) in [7, 11) is 0. The first-order valence-corrected chi connectivity index (χ1v) is 9.43.